The molecule has 2 heterocycles. The molecule has 1 amide bonds. The summed E-state index contributed by atoms with van der Waals surface area (Å²) < 4.78 is 12.0. The van der Waals surface area contributed by atoms with Crippen molar-refractivity contribution in [2.75, 3.05) is 19.8 Å². The number of halogens is 1. The smallest absolute Gasteiger partial charge is 0.222 e. The molecule has 1 aromatic heterocycles. The normalized spacial score (nSPS) is 15.3. The summed E-state index contributed by atoms with van der Waals surface area (Å²) in [5.74, 6) is 0.286. The molecule has 0 spiro atoms. The zero-order valence-corrected chi connectivity index (χ0v) is 11.1. The predicted molar refractivity (Wildman–Crippen MR) is 74.1 cm³/mol. The molecular formula is C15H16FN3O. The molecule has 1 aromatic carbocycles. The van der Waals surface area contributed by atoms with Gasteiger partial charge in [-0.05, 0) is 18.6 Å². The molecule has 0 bridgehead atoms. The van der Waals surface area contributed by atoms with E-state index >= 15 is 0 Å². The second kappa shape index (κ2) is 5.53. The molecule has 0 unspecified atom stereocenters. The van der Waals surface area contributed by atoms with E-state index in [9.17, 15) is 9.18 Å². The number of amides is 1. The van der Waals surface area contributed by atoms with Crippen LogP contribution in [0.3, 0.4) is 0 Å². The first kappa shape index (κ1) is 13.0. The first-order valence-electron chi connectivity index (χ1n) is 6.83. The third kappa shape index (κ3) is 2.48. The highest BCUT2D eigenvalue weighted by Gasteiger charge is 2.32. The lowest BCUT2D eigenvalue weighted by Crippen LogP contribution is -2.48. The molecule has 104 valence electrons. The van der Waals surface area contributed by atoms with Crippen molar-refractivity contribution in [2.45, 2.75) is 18.8 Å². The van der Waals surface area contributed by atoms with Crippen molar-refractivity contribution in [3.05, 3.63) is 36.2 Å². The number of rotatable bonds is 4. The van der Waals surface area contributed by atoms with E-state index < -0.39 is 6.67 Å². The van der Waals surface area contributed by atoms with Crippen LogP contribution >= 0.6 is 0 Å². The fourth-order valence-corrected chi connectivity index (χ4v) is 2.41. The van der Waals surface area contributed by atoms with Crippen LogP contribution in [0, 0.1) is 0 Å². The van der Waals surface area contributed by atoms with Gasteiger partial charge in [0, 0.05) is 31.6 Å². The monoisotopic (exact) mass is 273 g/mol. The van der Waals surface area contributed by atoms with Gasteiger partial charge in [0.05, 0.1) is 23.4 Å². The average Bonchev–Trinajstić information content (AvgIpc) is 2.43. The summed E-state index contributed by atoms with van der Waals surface area (Å²) in [5.41, 5.74) is 2.69. The first-order chi connectivity index (χ1) is 9.78. The Kier molecular flexibility index (Phi) is 3.58. The lowest BCUT2D eigenvalue weighted by molar-refractivity contribution is -0.135. The largest absolute Gasteiger partial charge is 0.341 e. The van der Waals surface area contributed by atoms with Crippen LogP contribution in [0.1, 0.15) is 24.5 Å². The minimum Gasteiger partial charge on any atom is -0.341 e. The Morgan fingerprint density at radius 2 is 2.05 bits per heavy atom. The number of fused-ring (bicyclic) bond motifs is 1. The maximum Gasteiger partial charge on any atom is 0.222 e. The van der Waals surface area contributed by atoms with Crippen LogP contribution < -0.4 is 0 Å². The van der Waals surface area contributed by atoms with Crippen molar-refractivity contribution >= 4 is 16.9 Å². The van der Waals surface area contributed by atoms with E-state index in [0.29, 0.717) is 25.9 Å². The van der Waals surface area contributed by atoms with Gasteiger partial charge in [-0.15, -0.1) is 0 Å². The number of carbonyl (C=O) groups excluding carboxylic acids is 1. The molecule has 1 aliphatic rings. The Labute approximate surface area is 116 Å². The van der Waals surface area contributed by atoms with Crippen molar-refractivity contribution in [2.24, 2.45) is 0 Å². The van der Waals surface area contributed by atoms with E-state index in [1.54, 1.807) is 11.1 Å². The summed E-state index contributed by atoms with van der Waals surface area (Å²) in [4.78, 5) is 22.4. The lowest BCUT2D eigenvalue weighted by Gasteiger charge is -2.38. The van der Waals surface area contributed by atoms with Gasteiger partial charge in [0.1, 0.15) is 0 Å². The Morgan fingerprint density at radius 1 is 1.30 bits per heavy atom. The van der Waals surface area contributed by atoms with E-state index in [2.05, 4.69) is 9.97 Å². The molecule has 0 aliphatic carbocycles. The lowest BCUT2D eigenvalue weighted by atomic mass is 9.96. The second-order valence-electron chi connectivity index (χ2n) is 5.07. The van der Waals surface area contributed by atoms with Gasteiger partial charge >= 0.3 is 0 Å². The zero-order chi connectivity index (χ0) is 13.9. The van der Waals surface area contributed by atoms with Gasteiger partial charge in [-0.2, -0.15) is 0 Å². The van der Waals surface area contributed by atoms with Crippen LogP contribution in [0.15, 0.2) is 30.5 Å². The van der Waals surface area contributed by atoms with E-state index in [-0.39, 0.29) is 11.8 Å². The molecule has 4 nitrogen and oxygen atoms in total. The molecular weight excluding hydrogens is 257 g/mol. The van der Waals surface area contributed by atoms with Gasteiger partial charge in [-0.3, -0.25) is 14.2 Å². The number of para-hydroxylation sites is 2. The highest BCUT2D eigenvalue weighted by atomic mass is 19.1. The van der Waals surface area contributed by atoms with Crippen molar-refractivity contribution in [1.82, 2.24) is 14.9 Å². The van der Waals surface area contributed by atoms with Gasteiger partial charge in [0.2, 0.25) is 5.91 Å². The third-order valence-electron chi connectivity index (χ3n) is 3.64. The standard InChI is InChI=1S/C15H16FN3O/c16-7-3-6-15(20)19-9-11(10-19)14-8-17-12-4-1-2-5-13(12)18-14/h1-2,4-5,8,11H,3,6-7,9-10H2. The van der Waals surface area contributed by atoms with Gasteiger partial charge < -0.3 is 4.90 Å². The summed E-state index contributed by atoms with van der Waals surface area (Å²) in [6, 6.07) is 7.74. The van der Waals surface area contributed by atoms with Crippen LogP contribution in [0.4, 0.5) is 4.39 Å². The number of hydrogen-bond acceptors (Lipinski definition) is 3. The molecule has 2 aromatic rings. The third-order valence-corrected chi connectivity index (χ3v) is 3.64. The van der Waals surface area contributed by atoms with Crippen molar-refractivity contribution < 1.29 is 9.18 Å². The number of hydrogen-bond donors (Lipinski definition) is 0. The molecule has 1 fully saturated rings. The maximum atomic E-state index is 12.0. The predicted octanol–water partition coefficient (Wildman–Crippen LogP) is 2.31. The zero-order valence-electron chi connectivity index (χ0n) is 11.1. The van der Waals surface area contributed by atoms with E-state index in [0.717, 1.165) is 16.7 Å². The Hall–Kier alpha value is -2.04. The minimum atomic E-state index is -0.431. The first-order valence-corrected chi connectivity index (χ1v) is 6.83. The Balaban J connectivity index is 1.65. The van der Waals surface area contributed by atoms with E-state index in [1.165, 1.54) is 0 Å². The number of benzene rings is 1. The molecule has 20 heavy (non-hydrogen) atoms. The molecule has 3 rings (SSSR count). The number of aromatic nitrogens is 2. The topological polar surface area (TPSA) is 46.1 Å². The van der Waals surface area contributed by atoms with Crippen molar-refractivity contribution in [1.29, 1.82) is 0 Å². The summed E-state index contributed by atoms with van der Waals surface area (Å²) >= 11 is 0. The van der Waals surface area contributed by atoms with Crippen LogP contribution in [0.5, 0.6) is 0 Å². The molecule has 0 N–H and O–H groups in total. The fourth-order valence-electron chi connectivity index (χ4n) is 2.41. The molecule has 0 atom stereocenters. The summed E-state index contributed by atoms with van der Waals surface area (Å²) in [5, 5.41) is 0. The number of likely N-dealkylation sites (tertiary alicyclic amines) is 1. The number of nitrogens with zero attached hydrogens (tertiary/aromatic N) is 3. The van der Waals surface area contributed by atoms with Crippen molar-refractivity contribution in [3.8, 4) is 0 Å². The number of carbonyl (C=O) groups is 1. The molecule has 0 saturated carbocycles. The van der Waals surface area contributed by atoms with Crippen molar-refractivity contribution in [3.63, 3.8) is 0 Å². The summed E-state index contributed by atoms with van der Waals surface area (Å²) in [6.07, 6.45) is 2.40. The van der Waals surface area contributed by atoms with Gasteiger partial charge in [-0.1, -0.05) is 12.1 Å². The average molecular weight is 273 g/mol. The van der Waals surface area contributed by atoms with Crippen LogP contribution in [-0.4, -0.2) is 40.5 Å². The molecule has 5 heteroatoms. The highest BCUT2D eigenvalue weighted by molar-refractivity contribution is 5.77. The van der Waals surface area contributed by atoms with Crippen LogP contribution in [0.25, 0.3) is 11.0 Å². The summed E-state index contributed by atoms with van der Waals surface area (Å²) in [7, 11) is 0. The van der Waals surface area contributed by atoms with Crippen LogP contribution in [-0.2, 0) is 4.79 Å². The fraction of sp³-hybridized carbons (Fsp3) is 0.400. The second-order valence-corrected chi connectivity index (χ2v) is 5.07. The minimum absolute atomic E-state index is 0.0349. The Morgan fingerprint density at radius 3 is 2.80 bits per heavy atom. The van der Waals surface area contributed by atoms with Crippen LogP contribution in [0.2, 0.25) is 0 Å². The molecule has 1 saturated heterocycles. The molecule has 1 aliphatic heterocycles. The SMILES string of the molecule is O=C(CCCF)N1CC(c2cnc3ccccc3n2)C1. The van der Waals surface area contributed by atoms with Gasteiger partial charge in [-0.25, -0.2) is 4.98 Å². The van der Waals surface area contributed by atoms with E-state index in [1.807, 2.05) is 24.3 Å². The van der Waals surface area contributed by atoms with E-state index in [4.69, 9.17) is 0 Å². The van der Waals surface area contributed by atoms with Gasteiger partial charge in [0.25, 0.3) is 0 Å². The quantitative estimate of drug-likeness (QED) is 0.858. The van der Waals surface area contributed by atoms with Gasteiger partial charge in [0.15, 0.2) is 0 Å². The summed E-state index contributed by atoms with van der Waals surface area (Å²) in [6.45, 7) is 0.898. The number of alkyl halides is 1. The highest BCUT2D eigenvalue weighted by Crippen LogP contribution is 2.26. The maximum absolute atomic E-state index is 12.0. The Bertz CT molecular complexity index is 625. The molecule has 0 radical (unpaired) electrons.